The molecule has 1 amide bonds. The van der Waals surface area contributed by atoms with Gasteiger partial charge in [0.25, 0.3) is 0 Å². The van der Waals surface area contributed by atoms with Crippen LogP contribution < -0.4 is 5.73 Å². The number of halogens is 1. The van der Waals surface area contributed by atoms with Gasteiger partial charge in [0, 0.05) is 11.3 Å². The van der Waals surface area contributed by atoms with E-state index in [1.807, 2.05) is 0 Å². The van der Waals surface area contributed by atoms with Gasteiger partial charge in [-0.3, -0.25) is 4.79 Å². The number of hydrogen-bond acceptors (Lipinski definition) is 8. The maximum atomic E-state index is 12.9. The Labute approximate surface area is 149 Å². The SMILES string of the molecule is NC(=O)CSc1nnc(SCc2coc(-c3ccc(F)cc3)n2)s1. The summed E-state index contributed by atoms with van der Waals surface area (Å²) in [6, 6.07) is 5.96. The Morgan fingerprint density at radius 3 is 2.62 bits per heavy atom. The molecule has 2 aromatic heterocycles. The van der Waals surface area contributed by atoms with Gasteiger partial charge >= 0.3 is 0 Å². The Balaban J connectivity index is 1.57. The van der Waals surface area contributed by atoms with E-state index in [-0.39, 0.29) is 17.5 Å². The van der Waals surface area contributed by atoms with Crippen LogP contribution in [0, 0.1) is 5.82 Å². The largest absolute Gasteiger partial charge is 0.444 e. The summed E-state index contributed by atoms with van der Waals surface area (Å²) in [5.74, 6) is 0.506. The fraction of sp³-hybridized carbons (Fsp3) is 0.143. The van der Waals surface area contributed by atoms with Gasteiger partial charge in [-0.2, -0.15) is 0 Å². The lowest BCUT2D eigenvalue weighted by Crippen LogP contribution is -2.12. The normalized spacial score (nSPS) is 10.9. The number of carbonyl (C=O) groups excluding carboxylic acids is 1. The molecule has 3 rings (SSSR count). The number of rotatable bonds is 7. The molecule has 0 aliphatic carbocycles. The second-order valence-electron chi connectivity index (χ2n) is 4.53. The van der Waals surface area contributed by atoms with E-state index in [9.17, 15) is 9.18 Å². The van der Waals surface area contributed by atoms with Crippen molar-refractivity contribution in [1.82, 2.24) is 15.2 Å². The maximum Gasteiger partial charge on any atom is 0.227 e. The number of thioether (sulfide) groups is 2. The molecule has 10 heteroatoms. The molecule has 2 heterocycles. The van der Waals surface area contributed by atoms with Crippen LogP contribution >= 0.6 is 34.9 Å². The second kappa shape index (κ2) is 7.77. The third kappa shape index (κ3) is 4.56. The highest BCUT2D eigenvalue weighted by atomic mass is 32.2. The van der Waals surface area contributed by atoms with Crippen LogP contribution in [0.3, 0.4) is 0 Å². The number of oxazole rings is 1. The smallest absolute Gasteiger partial charge is 0.227 e. The van der Waals surface area contributed by atoms with E-state index in [4.69, 9.17) is 10.2 Å². The number of aromatic nitrogens is 3. The monoisotopic (exact) mass is 382 g/mol. The quantitative estimate of drug-likeness (QED) is 0.627. The molecule has 0 aliphatic heterocycles. The highest BCUT2D eigenvalue weighted by Crippen LogP contribution is 2.31. The van der Waals surface area contributed by atoms with E-state index in [0.29, 0.717) is 21.5 Å². The lowest BCUT2D eigenvalue weighted by Gasteiger charge is -1.94. The summed E-state index contributed by atoms with van der Waals surface area (Å²) in [6.07, 6.45) is 1.56. The summed E-state index contributed by atoms with van der Waals surface area (Å²) in [6.45, 7) is 0. The van der Waals surface area contributed by atoms with Crippen molar-refractivity contribution in [3.05, 3.63) is 42.0 Å². The van der Waals surface area contributed by atoms with Crippen molar-refractivity contribution in [2.45, 2.75) is 14.4 Å². The Kier molecular flexibility index (Phi) is 5.48. The van der Waals surface area contributed by atoms with Crippen LogP contribution in [0.5, 0.6) is 0 Å². The first kappa shape index (κ1) is 16.9. The number of primary amides is 1. The molecule has 0 fully saturated rings. The fourth-order valence-electron chi connectivity index (χ4n) is 1.68. The summed E-state index contributed by atoms with van der Waals surface area (Å²) < 4.78 is 19.8. The number of hydrogen-bond donors (Lipinski definition) is 1. The number of nitrogens with zero attached hydrogens (tertiary/aromatic N) is 3. The predicted octanol–water partition coefficient (Wildman–Crippen LogP) is 3.20. The molecule has 0 atom stereocenters. The molecule has 0 saturated carbocycles. The van der Waals surface area contributed by atoms with Crippen molar-refractivity contribution in [2.24, 2.45) is 5.73 Å². The van der Waals surface area contributed by atoms with Crippen LogP contribution in [0.15, 0.2) is 43.6 Å². The van der Waals surface area contributed by atoms with Gasteiger partial charge in [-0.05, 0) is 24.3 Å². The average molecular weight is 382 g/mol. The van der Waals surface area contributed by atoms with Crippen LogP contribution in [0.4, 0.5) is 4.39 Å². The van der Waals surface area contributed by atoms with Crippen molar-refractivity contribution in [3.8, 4) is 11.5 Å². The van der Waals surface area contributed by atoms with Crippen LogP contribution in [-0.4, -0.2) is 26.8 Å². The van der Waals surface area contributed by atoms with E-state index in [0.717, 1.165) is 10.0 Å². The van der Waals surface area contributed by atoms with Gasteiger partial charge in [-0.25, -0.2) is 9.37 Å². The highest BCUT2D eigenvalue weighted by molar-refractivity contribution is 8.03. The minimum absolute atomic E-state index is 0.184. The van der Waals surface area contributed by atoms with Crippen LogP contribution in [-0.2, 0) is 10.5 Å². The number of nitrogens with two attached hydrogens (primary N) is 1. The maximum absolute atomic E-state index is 12.9. The van der Waals surface area contributed by atoms with Crippen LogP contribution in [0.2, 0.25) is 0 Å². The zero-order valence-corrected chi connectivity index (χ0v) is 14.6. The highest BCUT2D eigenvalue weighted by Gasteiger charge is 2.10. The van der Waals surface area contributed by atoms with E-state index in [1.54, 1.807) is 18.4 Å². The Morgan fingerprint density at radius 2 is 1.92 bits per heavy atom. The molecule has 3 aromatic rings. The topological polar surface area (TPSA) is 94.9 Å². The van der Waals surface area contributed by atoms with Crippen LogP contribution in [0.25, 0.3) is 11.5 Å². The molecule has 0 radical (unpaired) electrons. The summed E-state index contributed by atoms with van der Waals surface area (Å²) in [4.78, 5) is 15.1. The molecule has 0 saturated heterocycles. The Morgan fingerprint density at radius 1 is 1.21 bits per heavy atom. The zero-order chi connectivity index (χ0) is 16.9. The van der Waals surface area contributed by atoms with Crippen molar-refractivity contribution >= 4 is 40.8 Å². The third-order valence-electron chi connectivity index (χ3n) is 2.71. The van der Waals surface area contributed by atoms with Gasteiger partial charge in [0.15, 0.2) is 8.68 Å². The van der Waals surface area contributed by atoms with Gasteiger partial charge in [0.05, 0.1) is 11.4 Å². The van der Waals surface area contributed by atoms with E-state index in [1.165, 1.54) is 47.0 Å². The second-order valence-corrected chi connectivity index (χ2v) is 7.95. The summed E-state index contributed by atoms with van der Waals surface area (Å²) in [5.41, 5.74) is 6.56. The molecule has 0 unspecified atom stereocenters. The standard InChI is InChI=1S/C14H11FN4O2S3/c15-9-3-1-8(2-4-9)12-17-10(5-21-12)6-22-13-18-19-14(24-13)23-7-11(16)20/h1-5H,6-7H2,(H2,16,20). The molecular formula is C14H11FN4O2S3. The third-order valence-corrected chi connectivity index (χ3v) is 5.96. The van der Waals surface area contributed by atoms with Crippen molar-refractivity contribution in [3.63, 3.8) is 0 Å². The molecule has 0 bridgehead atoms. The molecule has 1 aromatic carbocycles. The van der Waals surface area contributed by atoms with Gasteiger partial charge in [-0.15, -0.1) is 10.2 Å². The molecular weight excluding hydrogens is 371 g/mol. The molecule has 6 nitrogen and oxygen atoms in total. The molecule has 24 heavy (non-hydrogen) atoms. The molecule has 2 N–H and O–H groups in total. The first-order valence-electron chi connectivity index (χ1n) is 6.68. The Bertz CT molecular complexity index is 835. The van der Waals surface area contributed by atoms with Gasteiger partial charge < -0.3 is 10.2 Å². The molecule has 0 spiro atoms. The Hall–Kier alpha value is -1.91. The predicted molar refractivity (Wildman–Crippen MR) is 91.3 cm³/mol. The lowest BCUT2D eigenvalue weighted by atomic mass is 10.2. The van der Waals surface area contributed by atoms with Gasteiger partial charge in [0.1, 0.15) is 12.1 Å². The minimum Gasteiger partial charge on any atom is -0.444 e. The van der Waals surface area contributed by atoms with Crippen molar-refractivity contribution in [2.75, 3.05) is 5.75 Å². The summed E-state index contributed by atoms with van der Waals surface area (Å²) in [7, 11) is 0. The number of benzene rings is 1. The lowest BCUT2D eigenvalue weighted by molar-refractivity contribution is -0.115. The number of carbonyl (C=O) groups is 1. The zero-order valence-electron chi connectivity index (χ0n) is 12.1. The summed E-state index contributed by atoms with van der Waals surface area (Å²) >= 11 is 4.13. The number of amides is 1. The molecule has 124 valence electrons. The van der Waals surface area contributed by atoms with E-state index >= 15 is 0 Å². The van der Waals surface area contributed by atoms with Crippen molar-refractivity contribution < 1.29 is 13.6 Å². The molecule has 0 aliphatic rings. The van der Waals surface area contributed by atoms with Crippen molar-refractivity contribution in [1.29, 1.82) is 0 Å². The summed E-state index contributed by atoms with van der Waals surface area (Å²) in [5, 5.41) is 8.03. The van der Waals surface area contributed by atoms with E-state index < -0.39 is 0 Å². The average Bonchev–Trinajstić information content (AvgIpc) is 3.21. The van der Waals surface area contributed by atoms with E-state index in [2.05, 4.69) is 15.2 Å². The minimum atomic E-state index is -0.389. The first-order valence-corrected chi connectivity index (χ1v) is 9.46. The fourth-order valence-corrected chi connectivity index (χ4v) is 4.32. The van der Waals surface area contributed by atoms with Crippen LogP contribution in [0.1, 0.15) is 5.69 Å². The first-order chi connectivity index (χ1) is 11.6. The van der Waals surface area contributed by atoms with Gasteiger partial charge in [-0.1, -0.05) is 34.9 Å². The van der Waals surface area contributed by atoms with Gasteiger partial charge in [0.2, 0.25) is 11.8 Å².